The Morgan fingerprint density at radius 1 is 0.962 bits per heavy atom. The molecule has 0 aliphatic rings. The van der Waals surface area contributed by atoms with E-state index in [4.69, 9.17) is 0 Å². The Bertz CT molecular complexity index is 758. The van der Waals surface area contributed by atoms with E-state index in [0.29, 0.717) is 6.54 Å². The van der Waals surface area contributed by atoms with E-state index in [9.17, 15) is 18.0 Å². The van der Waals surface area contributed by atoms with E-state index in [1.807, 2.05) is 12.1 Å². The van der Waals surface area contributed by atoms with Gasteiger partial charge in [0, 0.05) is 12.1 Å². The van der Waals surface area contributed by atoms with Crippen LogP contribution in [-0.4, -0.2) is 24.3 Å². The monoisotopic (exact) mass is 363 g/mol. The van der Waals surface area contributed by atoms with Crippen LogP contribution in [0.5, 0.6) is 0 Å². The zero-order valence-electron chi connectivity index (χ0n) is 15.5. The Kier molecular flexibility index (Phi) is 5.91. The van der Waals surface area contributed by atoms with E-state index in [0.717, 1.165) is 17.7 Å². The van der Waals surface area contributed by atoms with Crippen molar-refractivity contribution >= 4 is 5.78 Å². The largest absolute Gasteiger partial charge is 0.416 e. The molecule has 0 aromatic heterocycles. The van der Waals surface area contributed by atoms with Gasteiger partial charge in [0.2, 0.25) is 0 Å². The first-order valence-electron chi connectivity index (χ1n) is 8.45. The Morgan fingerprint density at radius 2 is 1.58 bits per heavy atom. The molecule has 5 heteroatoms. The lowest BCUT2D eigenvalue weighted by molar-refractivity contribution is -0.137. The molecule has 0 bridgehead atoms. The van der Waals surface area contributed by atoms with Crippen LogP contribution in [0.2, 0.25) is 0 Å². The fourth-order valence-electron chi connectivity index (χ4n) is 2.68. The highest BCUT2D eigenvalue weighted by Gasteiger charge is 2.30. The average molecular weight is 363 g/mol. The summed E-state index contributed by atoms with van der Waals surface area (Å²) in [4.78, 5) is 14.1. The normalized spacial score (nSPS) is 12.5. The first-order valence-corrected chi connectivity index (χ1v) is 8.45. The van der Waals surface area contributed by atoms with Crippen molar-refractivity contribution in [3.8, 4) is 0 Å². The summed E-state index contributed by atoms with van der Waals surface area (Å²) in [7, 11) is 1.78. The minimum atomic E-state index is -4.45. The summed E-state index contributed by atoms with van der Waals surface area (Å²) in [5.41, 5.74) is 1.63. The van der Waals surface area contributed by atoms with Crippen LogP contribution in [-0.2, 0) is 18.1 Å². The van der Waals surface area contributed by atoms with Crippen LogP contribution in [0, 0.1) is 0 Å². The van der Waals surface area contributed by atoms with Gasteiger partial charge in [-0.3, -0.25) is 9.69 Å². The lowest BCUT2D eigenvalue weighted by Crippen LogP contribution is -2.26. The number of hydrogen-bond donors (Lipinski definition) is 0. The minimum absolute atomic E-state index is 0.0579. The lowest BCUT2D eigenvalue weighted by atomic mass is 9.87. The van der Waals surface area contributed by atoms with Crippen molar-refractivity contribution in [3.63, 3.8) is 0 Å². The van der Waals surface area contributed by atoms with Crippen LogP contribution in [0.25, 0.3) is 0 Å². The summed E-state index contributed by atoms with van der Waals surface area (Å²) in [5, 5.41) is 0. The SMILES string of the molecule is CN(CC(=O)c1cccc(C(F)(F)F)c1)Cc1ccc(C(C)(C)C)cc1. The maximum absolute atomic E-state index is 12.8. The maximum Gasteiger partial charge on any atom is 0.416 e. The van der Waals surface area contributed by atoms with Gasteiger partial charge in [-0.2, -0.15) is 13.2 Å². The smallest absolute Gasteiger partial charge is 0.295 e. The van der Waals surface area contributed by atoms with Gasteiger partial charge in [-0.05, 0) is 35.7 Å². The topological polar surface area (TPSA) is 20.3 Å². The van der Waals surface area contributed by atoms with E-state index >= 15 is 0 Å². The van der Waals surface area contributed by atoms with Gasteiger partial charge in [-0.15, -0.1) is 0 Å². The van der Waals surface area contributed by atoms with Crippen LogP contribution >= 0.6 is 0 Å². The van der Waals surface area contributed by atoms with E-state index in [1.165, 1.54) is 17.7 Å². The summed E-state index contributed by atoms with van der Waals surface area (Å²) in [5.74, 6) is -0.329. The summed E-state index contributed by atoms with van der Waals surface area (Å²) >= 11 is 0. The van der Waals surface area contributed by atoms with Crippen LogP contribution in [0.15, 0.2) is 48.5 Å². The van der Waals surface area contributed by atoms with Crippen molar-refractivity contribution in [2.24, 2.45) is 0 Å². The molecule has 0 radical (unpaired) electrons. The Morgan fingerprint density at radius 3 is 2.12 bits per heavy atom. The Hall–Kier alpha value is -2.14. The van der Waals surface area contributed by atoms with Crippen LogP contribution in [0.4, 0.5) is 13.2 Å². The molecule has 0 N–H and O–H groups in total. The summed E-state index contributed by atoms with van der Waals surface area (Å²) < 4.78 is 38.3. The number of halogens is 3. The molecule has 26 heavy (non-hydrogen) atoms. The molecule has 0 spiro atoms. The number of rotatable bonds is 5. The van der Waals surface area contributed by atoms with Gasteiger partial charge in [0.15, 0.2) is 5.78 Å². The van der Waals surface area contributed by atoms with Gasteiger partial charge in [-0.25, -0.2) is 0 Å². The molecule has 0 aliphatic heterocycles. The fourth-order valence-corrected chi connectivity index (χ4v) is 2.68. The first kappa shape index (κ1) is 20.2. The zero-order valence-corrected chi connectivity index (χ0v) is 15.5. The third-order valence-electron chi connectivity index (χ3n) is 4.20. The van der Waals surface area contributed by atoms with Crippen molar-refractivity contribution in [1.29, 1.82) is 0 Å². The highest BCUT2D eigenvalue weighted by molar-refractivity contribution is 5.97. The van der Waals surface area contributed by atoms with Gasteiger partial charge in [0.25, 0.3) is 0 Å². The zero-order chi connectivity index (χ0) is 19.5. The molecule has 140 valence electrons. The third-order valence-corrected chi connectivity index (χ3v) is 4.20. The molecular weight excluding hydrogens is 339 g/mol. The summed E-state index contributed by atoms with van der Waals surface area (Å²) in [6.07, 6.45) is -4.45. The van der Waals surface area contributed by atoms with Crippen molar-refractivity contribution in [3.05, 3.63) is 70.8 Å². The summed E-state index contributed by atoms with van der Waals surface area (Å²) in [6, 6.07) is 12.7. The first-order chi connectivity index (χ1) is 12.0. The number of carbonyl (C=O) groups excluding carboxylic acids is 1. The molecule has 2 nitrogen and oxygen atoms in total. The van der Waals surface area contributed by atoms with Crippen molar-refractivity contribution in [2.75, 3.05) is 13.6 Å². The van der Waals surface area contributed by atoms with E-state index in [1.54, 1.807) is 11.9 Å². The predicted octanol–water partition coefficient (Wildman–Crippen LogP) is 5.32. The van der Waals surface area contributed by atoms with Gasteiger partial charge in [-0.1, -0.05) is 57.2 Å². The Balaban J connectivity index is 2.01. The van der Waals surface area contributed by atoms with E-state index in [-0.39, 0.29) is 23.3 Å². The van der Waals surface area contributed by atoms with Crippen LogP contribution in [0.1, 0.15) is 47.8 Å². The van der Waals surface area contributed by atoms with Gasteiger partial charge in [0.05, 0.1) is 12.1 Å². The molecular formula is C21H24F3NO. The molecule has 0 saturated carbocycles. The molecule has 0 heterocycles. The van der Waals surface area contributed by atoms with Crippen molar-refractivity contribution in [2.45, 2.75) is 38.9 Å². The molecule has 0 amide bonds. The van der Waals surface area contributed by atoms with E-state index < -0.39 is 11.7 Å². The molecule has 2 aromatic rings. The van der Waals surface area contributed by atoms with Crippen molar-refractivity contribution < 1.29 is 18.0 Å². The predicted molar refractivity (Wildman–Crippen MR) is 97.3 cm³/mol. The highest BCUT2D eigenvalue weighted by Crippen LogP contribution is 2.29. The highest BCUT2D eigenvalue weighted by atomic mass is 19.4. The van der Waals surface area contributed by atoms with Gasteiger partial charge >= 0.3 is 6.18 Å². The third kappa shape index (κ3) is 5.43. The van der Waals surface area contributed by atoms with Gasteiger partial charge < -0.3 is 0 Å². The molecule has 2 rings (SSSR count). The Labute approximate surface area is 152 Å². The summed E-state index contributed by atoms with van der Waals surface area (Å²) in [6.45, 7) is 7.03. The number of likely N-dealkylation sites (N-methyl/N-ethyl adjacent to an activating group) is 1. The molecule has 0 unspecified atom stereocenters. The molecule has 0 aliphatic carbocycles. The molecule has 0 fully saturated rings. The maximum atomic E-state index is 12.8. The second-order valence-electron chi connectivity index (χ2n) is 7.62. The second kappa shape index (κ2) is 7.62. The van der Waals surface area contributed by atoms with Crippen molar-refractivity contribution in [1.82, 2.24) is 4.90 Å². The average Bonchev–Trinajstić information content (AvgIpc) is 2.53. The number of hydrogen-bond acceptors (Lipinski definition) is 2. The minimum Gasteiger partial charge on any atom is -0.295 e. The van der Waals surface area contributed by atoms with Crippen LogP contribution < -0.4 is 0 Å². The number of carbonyl (C=O) groups is 1. The quantitative estimate of drug-likeness (QED) is 0.670. The number of nitrogens with zero attached hydrogens (tertiary/aromatic N) is 1. The number of ketones is 1. The number of benzene rings is 2. The molecule has 0 saturated heterocycles. The fraction of sp³-hybridized carbons (Fsp3) is 0.381. The van der Waals surface area contributed by atoms with Crippen LogP contribution in [0.3, 0.4) is 0 Å². The standard InChI is InChI=1S/C21H24F3NO/c1-20(2,3)17-10-8-15(9-11-17)13-25(4)14-19(26)16-6-5-7-18(12-16)21(22,23)24/h5-12H,13-14H2,1-4H3. The number of alkyl halides is 3. The number of Topliss-reactive ketones (excluding diaryl/α,β-unsaturated/α-hetero) is 1. The molecule has 2 aromatic carbocycles. The van der Waals surface area contributed by atoms with Gasteiger partial charge in [0.1, 0.15) is 0 Å². The van der Waals surface area contributed by atoms with E-state index in [2.05, 4.69) is 32.9 Å². The molecule has 0 atom stereocenters. The lowest BCUT2D eigenvalue weighted by Gasteiger charge is -2.20. The second-order valence-corrected chi connectivity index (χ2v) is 7.62.